The predicted octanol–water partition coefficient (Wildman–Crippen LogP) is 2.87. The number of nitrogens with one attached hydrogen (secondary N) is 1. The molecule has 0 aliphatic carbocycles. The third-order valence-corrected chi connectivity index (χ3v) is 5.52. The molecule has 0 saturated heterocycles. The van der Waals surface area contributed by atoms with Crippen molar-refractivity contribution in [3.8, 4) is 11.5 Å². The number of carbonyl (C=O) groups is 1. The van der Waals surface area contributed by atoms with E-state index < -0.39 is 0 Å². The lowest BCUT2D eigenvalue weighted by molar-refractivity contribution is -0.00128. The first-order valence-corrected chi connectivity index (χ1v) is 9.53. The first-order chi connectivity index (χ1) is 13.3. The quantitative estimate of drug-likeness (QED) is 0.750. The molecule has 8 heteroatoms. The lowest BCUT2D eigenvalue weighted by Gasteiger charge is -2.24. The van der Waals surface area contributed by atoms with Crippen LogP contribution in [0.15, 0.2) is 41.8 Å². The number of thiophene rings is 1. The Morgan fingerprint density at radius 2 is 2.19 bits per heavy atom. The van der Waals surface area contributed by atoms with Crippen LogP contribution in [0.3, 0.4) is 0 Å². The number of benzene rings is 1. The summed E-state index contributed by atoms with van der Waals surface area (Å²) in [7, 11) is 0. The average Bonchev–Trinajstić information content (AvgIpc) is 3.45. The fourth-order valence-electron chi connectivity index (χ4n) is 3.22. The molecule has 0 radical (unpaired) electrons. The summed E-state index contributed by atoms with van der Waals surface area (Å²) >= 11 is 1.61. The van der Waals surface area contributed by atoms with Gasteiger partial charge in [0.1, 0.15) is 6.10 Å². The van der Waals surface area contributed by atoms with Gasteiger partial charge in [-0.15, -0.1) is 11.3 Å². The zero-order valence-corrected chi connectivity index (χ0v) is 15.2. The summed E-state index contributed by atoms with van der Waals surface area (Å²) in [5, 5.41) is 9.37. The Bertz CT molecular complexity index is 983. The van der Waals surface area contributed by atoms with Crippen LogP contribution in [0.5, 0.6) is 11.5 Å². The zero-order chi connectivity index (χ0) is 18.2. The molecule has 0 saturated carbocycles. The van der Waals surface area contributed by atoms with Crippen molar-refractivity contribution in [3.63, 3.8) is 0 Å². The van der Waals surface area contributed by atoms with E-state index in [9.17, 15) is 4.79 Å². The molecular formula is C19H17N3O4S. The van der Waals surface area contributed by atoms with Crippen molar-refractivity contribution in [2.24, 2.45) is 0 Å². The smallest absolute Gasteiger partial charge is 0.272 e. The highest BCUT2D eigenvalue weighted by Gasteiger charge is 2.25. The van der Waals surface area contributed by atoms with Gasteiger partial charge in [-0.25, -0.2) is 0 Å². The molecule has 1 amide bonds. The second-order valence-electron chi connectivity index (χ2n) is 6.38. The van der Waals surface area contributed by atoms with Crippen molar-refractivity contribution < 1.29 is 19.0 Å². The maximum atomic E-state index is 12.4. The molecule has 27 heavy (non-hydrogen) atoms. The van der Waals surface area contributed by atoms with Crippen LogP contribution in [0.25, 0.3) is 0 Å². The molecule has 4 heterocycles. The molecule has 1 atom stereocenters. The summed E-state index contributed by atoms with van der Waals surface area (Å²) in [5.74, 6) is 1.31. The maximum absolute atomic E-state index is 12.4. The number of aromatic nitrogens is 2. The monoisotopic (exact) mass is 383 g/mol. The van der Waals surface area contributed by atoms with E-state index in [-0.39, 0.29) is 18.8 Å². The molecule has 138 valence electrons. The van der Waals surface area contributed by atoms with E-state index in [2.05, 4.69) is 10.4 Å². The van der Waals surface area contributed by atoms with Gasteiger partial charge < -0.3 is 19.5 Å². The van der Waals surface area contributed by atoms with Gasteiger partial charge in [0.15, 0.2) is 17.2 Å². The van der Waals surface area contributed by atoms with Crippen LogP contribution in [0.1, 0.15) is 32.7 Å². The molecule has 7 nitrogen and oxygen atoms in total. The topological polar surface area (TPSA) is 74.6 Å². The highest BCUT2D eigenvalue weighted by Crippen LogP contribution is 2.36. The van der Waals surface area contributed by atoms with Crippen LogP contribution in [0, 0.1) is 0 Å². The van der Waals surface area contributed by atoms with E-state index in [4.69, 9.17) is 14.2 Å². The van der Waals surface area contributed by atoms with Crippen molar-refractivity contribution in [2.45, 2.75) is 25.8 Å². The third-order valence-electron chi connectivity index (χ3n) is 4.64. The SMILES string of the molecule is O=C(NCc1cccs1)c1cc2n(n1)C[C@H](c1ccc3c(c1)OCO3)OC2. The first-order valence-electron chi connectivity index (χ1n) is 8.65. The lowest BCUT2D eigenvalue weighted by Crippen LogP contribution is -2.24. The van der Waals surface area contributed by atoms with Crippen LogP contribution in [-0.4, -0.2) is 22.5 Å². The van der Waals surface area contributed by atoms with Crippen molar-refractivity contribution in [3.05, 3.63) is 63.6 Å². The Hall–Kier alpha value is -2.84. The molecule has 2 aromatic heterocycles. The summed E-state index contributed by atoms with van der Waals surface area (Å²) in [6.07, 6.45) is -0.145. The standard InChI is InChI=1S/C19H17N3O4S/c23-19(20-8-14-2-1-5-27-14)15-7-13-10-24-18(9-22(13)21-15)12-3-4-16-17(6-12)26-11-25-16/h1-7,18H,8-11H2,(H,20,23)/t18-/m1/s1. The van der Waals surface area contributed by atoms with Gasteiger partial charge in [-0.05, 0) is 35.2 Å². The first kappa shape index (κ1) is 16.3. The van der Waals surface area contributed by atoms with Gasteiger partial charge in [0, 0.05) is 4.88 Å². The fraction of sp³-hybridized carbons (Fsp3) is 0.263. The van der Waals surface area contributed by atoms with Gasteiger partial charge in [-0.2, -0.15) is 5.10 Å². The van der Waals surface area contributed by atoms with Gasteiger partial charge in [-0.1, -0.05) is 12.1 Å². The van der Waals surface area contributed by atoms with E-state index in [0.29, 0.717) is 25.4 Å². The normalized spacial score (nSPS) is 17.6. The minimum atomic E-state index is -0.176. The maximum Gasteiger partial charge on any atom is 0.272 e. The number of rotatable bonds is 4. The van der Waals surface area contributed by atoms with E-state index >= 15 is 0 Å². The van der Waals surface area contributed by atoms with E-state index in [1.165, 1.54) is 0 Å². The Morgan fingerprint density at radius 1 is 1.26 bits per heavy atom. The molecular weight excluding hydrogens is 366 g/mol. The van der Waals surface area contributed by atoms with Gasteiger partial charge in [0.2, 0.25) is 6.79 Å². The minimum absolute atomic E-state index is 0.145. The Balaban J connectivity index is 1.29. The van der Waals surface area contributed by atoms with Gasteiger partial charge in [0.25, 0.3) is 5.91 Å². The van der Waals surface area contributed by atoms with Crippen molar-refractivity contribution in [1.29, 1.82) is 0 Å². The number of hydrogen-bond acceptors (Lipinski definition) is 6. The molecule has 2 aliphatic rings. The number of ether oxygens (including phenoxy) is 3. The summed E-state index contributed by atoms with van der Waals surface area (Å²) in [4.78, 5) is 13.5. The van der Waals surface area contributed by atoms with Crippen LogP contribution in [-0.2, 0) is 24.4 Å². The Labute approximate surface area is 159 Å². The van der Waals surface area contributed by atoms with Crippen molar-refractivity contribution in [2.75, 3.05) is 6.79 Å². The van der Waals surface area contributed by atoms with Crippen LogP contribution in [0.4, 0.5) is 0 Å². The summed E-state index contributed by atoms with van der Waals surface area (Å²) in [6.45, 7) is 1.71. The molecule has 1 aromatic carbocycles. The lowest BCUT2D eigenvalue weighted by atomic mass is 10.1. The van der Waals surface area contributed by atoms with Gasteiger partial charge in [0.05, 0.1) is 25.4 Å². The predicted molar refractivity (Wildman–Crippen MR) is 97.8 cm³/mol. The van der Waals surface area contributed by atoms with Gasteiger partial charge >= 0.3 is 0 Å². The second kappa shape index (κ2) is 6.71. The average molecular weight is 383 g/mol. The van der Waals surface area contributed by atoms with Gasteiger partial charge in [-0.3, -0.25) is 9.48 Å². The number of fused-ring (bicyclic) bond motifs is 2. The molecule has 0 fully saturated rings. The fourth-order valence-corrected chi connectivity index (χ4v) is 3.87. The highest BCUT2D eigenvalue weighted by molar-refractivity contribution is 7.09. The number of hydrogen-bond donors (Lipinski definition) is 1. The summed E-state index contributed by atoms with van der Waals surface area (Å²) < 4.78 is 18.6. The van der Waals surface area contributed by atoms with E-state index in [0.717, 1.165) is 27.6 Å². The van der Waals surface area contributed by atoms with E-state index in [1.807, 2.05) is 40.4 Å². The molecule has 3 aromatic rings. The molecule has 0 bridgehead atoms. The van der Waals surface area contributed by atoms with Crippen LogP contribution in [0.2, 0.25) is 0 Å². The number of amides is 1. The molecule has 1 N–H and O–H groups in total. The van der Waals surface area contributed by atoms with Crippen molar-refractivity contribution in [1.82, 2.24) is 15.1 Å². The third kappa shape index (κ3) is 3.17. The minimum Gasteiger partial charge on any atom is -0.454 e. The molecule has 0 spiro atoms. The summed E-state index contributed by atoms with van der Waals surface area (Å²) in [6, 6.07) is 11.6. The second-order valence-corrected chi connectivity index (χ2v) is 7.41. The molecule has 5 rings (SSSR count). The van der Waals surface area contributed by atoms with Crippen molar-refractivity contribution >= 4 is 17.2 Å². The van der Waals surface area contributed by atoms with E-state index in [1.54, 1.807) is 17.4 Å². The summed E-state index contributed by atoms with van der Waals surface area (Å²) in [5.41, 5.74) is 2.31. The Morgan fingerprint density at radius 3 is 3.07 bits per heavy atom. The molecule has 2 aliphatic heterocycles. The Kier molecular flexibility index (Phi) is 4.06. The molecule has 0 unspecified atom stereocenters. The number of nitrogens with zero attached hydrogens (tertiary/aromatic N) is 2. The highest BCUT2D eigenvalue weighted by atomic mass is 32.1. The largest absolute Gasteiger partial charge is 0.454 e. The van der Waals surface area contributed by atoms with Crippen LogP contribution < -0.4 is 14.8 Å². The van der Waals surface area contributed by atoms with Crippen LogP contribution >= 0.6 is 11.3 Å². The number of carbonyl (C=O) groups excluding carboxylic acids is 1. The zero-order valence-electron chi connectivity index (χ0n) is 14.4.